The Morgan fingerprint density at radius 2 is 1.74 bits per heavy atom. The number of aromatic amines is 1. The fraction of sp³-hybridized carbons (Fsp3) is 0.250. The minimum atomic E-state index is -4.51. The van der Waals surface area contributed by atoms with Crippen LogP contribution in [0.2, 0.25) is 0 Å². The van der Waals surface area contributed by atoms with E-state index in [0.717, 1.165) is 0 Å². The molecule has 1 aromatic carbocycles. The summed E-state index contributed by atoms with van der Waals surface area (Å²) < 4.78 is 38.9. The summed E-state index contributed by atoms with van der Waals surface area (Å²) in [5.74, 6) is 0.303. The molecule has 0 aliphatic heterocycles. The normalized spacial score (nSPS) is 11.6. The third-order valence-corrected chi connectivity index (χ3v) is 2.66. The number of hydrogen-bond donors (Lipinski definition) is 2. The first-order valence-electron chi connectivity index (χ1n) is 5.49. The molecule has 0 saturated heterocycles. The van der Waals surface area contributed by atoms with E-state index in [0.29, 0.717) is 17.1 Å². The fourth-order valence-electron chi connectivity index (χ4n) is 1.78. The Bertz CT molecular complexity index is 570. The van der Waals surface area contributed by atoms with E-state index < -0.39 is 11.9 Å². The number of aromatic nitrogens is 2. The fourth-order valence-corrected chi connectivity index (χ4v) is 1.78. The Morgan fingerprint density at radius 3 is 2.21 bits per heavy atom. The van der Waals surface area contributed by atoms with E-state index in [-0.39, 0.29) is 5.56 Å². The van der Waals surface area contributed by atoms with Crippen LogP contribution in [0.5, 0.6) is 0 Å². The molecule has 0 spiro atoms. The minimum Gasteiger partial charge on any atom is -0.399 e. The molecule has 0 unspecified atom stereocenters. The van der Waals surface area contributed by atoms with Gasteiger partial charge in [0.2, 0.25) is 0 Å². The van der Waals surface area contributed by atoms with Crippen molar-refractivity contribution in [2.75, 3.05) is 24.7 Å². The zero-order valence-electron chi connectivity index (χ0n) is 10.4. The van der Waals surface area contributed by atoms with Crippen molar-refractivity contribution in [2.24, 2.45) is 0 Å². The maximum Gasteiger partial charge on any atom is 0.435 e. The lowest BCUT2D eigenvalue weighted by Gasteiger charge is -2.14. The van der Waals surface area contributed by atoms with Gasteiger partial charge in [0.1, 0.15) is 5.82 Å². The van der Waals surface area contributed by atoms with Crippen molar-refractivity contribution in [3.05, 3.63) is 30.0 Å². The van der Waals surface area contributed by atoms with Crippen LogP contribution in [-0.4, -0.2) is 24.3 Å². The lowest BCUT2D eigenvalue weighted by Crippen LogP contribution is -2.11. The summed E-state index contributed by atoms with van der Waals surface area (Å²) in [4.78, 5) is 1.55. The van der Waals surface area contributed by atoms with Crippen LogP contribution in [0, 0.1) is 0 Å². The SMILES string of the molecule is CN(C)c1[nH]nc(C(F)(F)F)c1-c1ccc(N)cc1. The van der Waals surface area contributed by atoms with E-state index in [1.165, 1.54) is 0 Å². The largest absolute Gasteiger partial charge is 0.435 e. The molecule has 0 aliphatic rings. The molecule has 3 N–H and O–H groups in total. The number of benzene rings is 1. The van der Waals surface area contributed by atoms with Crippen molar-refractivity contribution in [1.82, 2.24) is 10.2 Å². The third kappa shape index (κ3) is 2.49. The highest BCUT2D eigenvalue weighted by Gasteiger charge is 2.38. The first kappa shape index (κ1) is 13.3. The molecule has 0 amide bonds. The highest BCUT2D eigenvalue weighted by Crippen LogP contribution is 2.40. The van der Waals surface area contributed by atoms with Crippen molar-refractivity contribution >= 4 is 11.5 Å². The third-order valence-electron chi connectivity index (χ3n) is 2.66. The van der Waals surface area contributed by atoms with Gasteiger partial charge in [-0.25, -0.2) is 0 Å². The van der Waals surface area contributed by atoms with Crippen molar-refractivity contribution in [2.45, 2.75) is 6.18 Å². The second-order valence-corrected chi connectivity index (χ2v) is 4.31. The molecule has 1 heterocycles. The zero-order valence-corrected chi connectivity index (χ0v) is 10.4. The highest BCUT2D eigenvalue weighted by atomic mass is 19.4. The van der Waals surface area contributed by atoms with Crippen molar-refractivity contribution in [1.29, 1.82) is 0 Å². The van der Waals surface area contributed by atoms with Gasteiger partial charge in [0.25, 0.3) is 0 Å². The zero-order chi connectivity index (χ0) is 14.2. The maximum absolute atomic E-state index is 13.0. The minimum absolute atomic E-state index is 0.0255. The summed E-state index contributed by atoms with van der Waals surface area (Å²) in [6.45, 7) is 0. The van der Waals surface area contributed by atoms with Gasteiger partial charge < -0.3 is 10.6 Å². The molecule has 0 bridgehead atoms. The molecule has 0 aliphatic carbocycles. The quantitative estimate of drug-likeness (QED) is 0.825. The average Bonchev–Trinajstić information content (AvgIpc) is 2.74. The van der Waals surface area contributed by atoms with Crippen LogP contribution in [0.15, 0.2) is 24.3 Å². The monoisotopic (exact) mass is 270 g/mol. The standard InChI is InChI=1S/C12H13F3N4/c1-19(2)11-9(7-3-5-8(16)6-4-7)10(17-18-11)12(13,14)15/h3-6H,16H2,1-2H3,(H,17,18). The first-order valence-corrected chi connectivity index (χ1v) is 5.49. The van der Waals surface area contributed by atoms with Gasteiger partial charge in [0.15, 0.2) is 5.69 Å². The number of alkyl halides is 3. The summed E-state index contributed by atoms with van der Waals surface area (Å²) in [5, 5.41) is 5.80. The van der Waals surface area contributed by atoms with Crippen molar-refractivity contribution < 1.29 is 13.2 Å². The van der Waals surface area contributed by atoms with Gasteiger partial charge >= 0.3 is 6.18 Å². The molecule has 0 atom stereocenters. The Labute approximate surface area is 108 Å². The average molecular weight is 270 g/mol. The number of anilines is 2. The Morgan fingerprint density at radius 1 is 1.16 bits per heavy atom. The number of halogens is 3. The van der Waals surface area contributed by atoms with E-state index in [9.17, 15) is 13.2 Å². The topological polar surface area (TPSA) is 57.9 Å². The maximum atomic E-state index is 13.0. The number of nitrogens with zero attached hydrogens (tertiary/aromatic N) is 2. The molecular weight excluding hydrogens is 257 g/mol. The van der Waals surface area contributed by atoms with E-state index in [4.69, 9.17) is 5.73 Å². The van der Waals surface area contributed by atoms with Crippen LogP contribution in [0.3, 0.4) is 0 Å². The molecule has 2 aromatic rings. The molecule has 4 nitrogen and oxygen atoms in total. The van der Waals surface area contributed by atoms with E-state index in [1.54, 1.807) is 43.3 Å². The van der Waals surface area contributed by atoms with Crippen LogP contribution in [0.1, 0.15) is 5.69 Å². The van der Waals surface area contributed by atoms with Gasteiger partial charge in [-0.15, -0.1) is 0 Å². The molecule has 1 aromatic heterocycles. The number of nitrogen functional groups attached to an aromatic ring is 1. The molecule has 102 valence electrons. The predicted molar refractivity (Wildman–Crippen MR) is 67.8 cm³/mol. The number of H-pyrrole nitrogens is 1. The second kappa shape index (κ2) is 4.49. The number of nitrogens with two attached hydrogens (primary N) is 1. The molecular formula is C12H13F3N4. The van der Waals surface area contributed by atoms with Gasteiger partial charge in [0.05, 0.1) is 5.56 Å². The summed E-state index contributed by atoms with van der Waals surface area (Å²) in [6, 6.07) is 6.20. The second-order valence-electron chi connectivity index (χ2n) is 4.31. The predicted octanol–water partition coefficient (Wildman–Crippen LogP) is 2.74. The van der Waals surface area contributed by atoms with Gasteiger partial charge in [-0.05, 0) is 17.7 Å². The van der Waals surface area contributed by atoms with E-state index in [2.05, 4.69) is 10.2 Å². The van der Waals surface area contributed by atoms with E-state index in [1.807, 2.05) is 0 Å². The molecule has 0 fully saturated rings. The lowest BCUT2D eigenvalue weighted by atomic mass is 10.0. The van der Waals surface area contributed by atoms with Crippen LogP contribution >= 0.6 is 0 Å². The first-order chi connectivity index (χ1) is 8.80. The van der Waals surface area contributed by atoms with Gasteiger partial charge in [0, 0.05) is 19.8 Å². The van der Waals surface area contributed by atoms with Crippen LogP contribution in [-0.2, 0) is 6.18 Å². The molecule has 7 heteroatoms. The Balaban J connectivity index is 2.65. The van der Waals surface area contributed by atoms with Crippen LogP contribution < -0.4 is 10.6 Å². The van der Waals surface area contributed by atoms with Gasteiger partial charge in [-0.3, -0.25) is 5.10 Å². The van der Waals surface area contributed by atoms with Crippen LogP contribution in [0.4, 0.5) is 24.7 Å². The van der Waals surface area contributed by atoms with E-state index >= 15 is 0 Å². The van der Waals surface area contributed by atoms with Crippen molar-refractivity contribution in [3.63, 3.8) is 0 Å². The molecule has 2 rings (SSSR count). The Kier molecular flexibility index (Phi) is 3.13. The summed E-state index contributed by atoms with van der Waals surface area (Å²) in [6.07, 6.45) is -4.51. The summed E-state index contributed by atoms with van der Waals surface area (Å²) in [7, 11) is 3.29. The van der Waals surface area contributed by atoms with Gasteiger partial charge in [-0.1, -0.05) is 12.1 Å². The van der Waals surface area contributed by atoms with Crippen LogP contribution in [0.25, 0.3) is 11.1 Å². The smallest absolute Gasteiger partial charge is 0.399 e. The molecule has 0 saturated carbocycles. The lowest BCUT2D eigenvalue weighted by molar-refractivity contribution is -0.140. The van der Waals surface area contributed by atoms with Gasteiger partial charge in [-0.2, -0.15) is 18.3 Å². The highest BCUT2D eigenvalue weighted by molar-refractivity contribution is 5.79. The number of nitrogens with one attached hydrogen (secondary N) is 1. The summed E-state index contributed by atoms with van der Waals surface area (Å²) in [5.41, 5.74) is 5.55. The number of rotatable bonds is 2. The Hall–Kier alpha value is -2.18. The van der Waals surface area contributed by atoms with Crippen molar-refractivity contribution in [3.8, 4) is 11.1 Å². The summed E-state index contributed by atoms with van der Waals surface area (Å²) >= 11 is 0. The molecule has 0 radical (unpaired) electrons. The molecule has 19 heavy (non-hydrogen) atoms. The number of hydrogen-bond acceptors (Lipinski definition) is 3.